The van der Waals surface area contributed by atoms with Crippen molar-refractivity contribution < 1.29 is 18.7 Å². The number of rotatable bonds is 8. The van der Waals surface area contributed by atoms with Crippen LogP contribution in [-0.4, -0.2) is 40.8 Å². The summed E-state index contributed by atoms with van der Waals surface area (Å²) in [4.78, 5) is 32.5. The number of hydrogen-bond donors (Lipinski definition) is 1. The second-order valence-corrected chi connectivity index (χ2v) is 9.78. The Morgan fingerprint density at radius 2 is 1.86 bits per heavy atom. The number of amides is 2. The lowest BCUT2D eigenvalue weighted by atomic mass is 10.1. The number of carbonyl (C=O) groups is 2. The molecule has 0 spiro atoms. The molecule has 1 unspecified atom stereocenters. The number of carbonyl (C=O) groups excluding carboxylic acids is 2. The number of hydrogen-bond acceptors (Lipinski definition) is 5. The van der Waals surface area contributed by atoms with Gasteiger partial charge >= 0.3 is 0 Å². The van der Waals surface area contributed by atoms with E-state index in [1.807, 2.05) is 56.3 Å². The predicted molar refractivity (Wildman–Crippen MR) is 142 cm³/mol. The van der Waals surface area contributed by atoms with Crippen LogP contribution in [0, 0.1) is 19.7 Å². The van der Waals surface area contributed by atoms with E-state index in [-0.39, 0.29) is 18.0 Å². The van der Waals surface area contributed by atoms with Crippen molar-refractivity contribution >= 4 is 40.1 Å². The first-order valence-electron chi connectivity index (χ1n) is 11.7. The third kappa shape index (κ3) is 6.12. The molecule has 3 aromatic rings. The number of nitrogens with zero attached hydrogens (tertiary/aromatic N) is 2. The molecule has 3 aromatic carbocycles. The van der Waals surface area contributed by atoms with Crippen molar-refractivity contribution in [2.45, 2.75) is 31.9 Å². The van der Waals surface area contributed by atoms with E-state index in [1.165, 1.54) is 23.9 Å². The third-order valence-corrected chi connectivity index (χ3v) is 7.07. The largest absolute Gasteiger partial charge is 0.497 e. The number of methoxy groups -OCH3 is 1. The topological polar surface area (TPSA) is 71.0 Å². The number of anilines is 1. The molecule has 4 rings (SSSR count). The van der Waals surface area contributed by atoms with Crippen LogP contribution in [0.25, 0.3) is 0 Å². The highest BCUT2D eigenvalue weighted by atomic mass is 32.2. The molecule has 1 heterocycles. The summed E-state index contributed by atoms with van der Waals surface area (Å²) < 4.78 is 19.2. The van der Waals surface area contributed by atoms with Crippen molar-refractivity contribution in [3.63, 3.8) is 0 Å². The fraction of sp³-hybridized carbons (Fsp3) is 0.250. The molecule has 0 saturated carbocycles. The number of amidine groups is 1. The minimum absolute atomic E-state index is 0.0806. The molecule has 36 heavy (non-hydrogen) atoms. The summed E-state index contributed by atoms with van der Waals surface area (Å²) in [5.41, 5.74) is 4.07. The summed E-state index contributed by atoms with van der Waals surface area (Å²) in [6, 6.07) is 19.6. The Hall–Kier alpha value is -3.65. The first-order valence-corrected chi connectivity index (χ1v) is 12.5. The number of para-hydroxylation sites is 1. The summed E-state index contributed by atoms with van der Waals surface area (Å²) in [7, 11) is 1.62. The van der Waals surface area contributed by atoms with E-state index < -0.39 is 17.0 Å². The summed E-state index contributed by atoms with van der Waals surface area (Å²) in [5.74, 6) is -0.353. The number of halogens is 1. The second kappa shape index (κ2) is 11.4. The number of nitrogens with one attached hydrogen (secondary N) is 1. The Balaban J connectivity index is 1.53. The summed E-state index contributed by atoms with van der Waals surface area (Å²) in [5, 5.41) is 2.49. The first-order chi connectivity index (χ1) is 17.3. The Morgan fingerprint density at radius 3 is 2.56 bits per heavy atom. The van der Waals surface area contributed by atoms with Crippen molar-refractivity contribution in [2.24, 2.45) is 4.99 Å². The minimum Gasteiger partial charge on any atom is -0.497 e. The number of benzene rings is 3. The quantitative estimate of drug-likeness (QED) is 0.429. The van der Waals surface area contributed by atoms with Gasteiger partial charge in [-0.1, -0.05) is 53.7 Å². The van der Waals surface area contributed by atoms with Gasteiger partial charge in [0.1, 0.15) is 16.8 Å². The van der Waals surface area contributed by atoms with Gasteiger partial charge in [0.25, 0.3) is 0 Å². The molecule has 0 radical (unpaired) electrons. The van der Waals surface area contributed by atoms with E-state index in [0.717, 1.165) is 28.1 Å². The molecular formula is C28H28FN3O3S. The number of ether oxygens (including phenoxy) is 1. The maximum Gasteiger partial charge on any atom is 0.242 e. The van der Waals surface area contributed by atoms with Crippen LogP contribution in [0.15, 0.2) is 71.7 Å². The number of aliphatic imine (C=N–C) groups is 1. The van der Waals surface area contributed by atoms with Gasteiger partial charge in [0.05, 0.1) is 18.5 Å². The number of thioether (sulfide) groups is 1. The third-order valence-electron chi connectivity index (χ3n) is 5.89. The summed E-state index contributed by atoms with van der Waals surface area (Å²) in [6.07, 6.45) is 0.541. The van der Waals surface area contributed by atoms with Gasteiger partial charge in [0.2, 0.25) is 11.8 Å². The van der Waals surface area contributed by atoms with Gasteiger partial charge in [-0.05, 0) is 61.7 Å². The van der Waals surface area contributed by atoms with E-state index >= 15 is 0 Å². The Kier molecular flexibility index (Phi) is 8.05. The van der Waals surface area contributed by atoms with Crippen molar-refractivity contribution in [1.29, 1.82) is 0 Å². The normalized spacial score (nSPS) is 16.4. The smallest absolute Gasteiger partial charge is 0.242 e. The molecule has 1 N–H and O–H groups in total. The fourth-order valence-corrected chi connectivity index (χ4v) is 5.11. The van der Waals surface area contributed by atoms with Gasteiger partial charge in [-0.25, -0.2) is 9.38 Å². The van der Waals surface area contributed by atoms with Crippen LogP contribution in [0.1, 0.15) is 23.1 Å². The summed E-state index contributed by atoms with van der Waals surface area (Å²) >= 11 is 1.27. The van der Waals surface area contributed by atoms with Crippen LogP contribution >= 0.6 is 11.8 Å². The van der Waals surface area contributed by atoms with Crippen LogP contribution in [0.2, 0.25) is 0 Å². The maximum atomic E-state index is 14.0. The van der Waals surface area contributed by atoms with Crippen molar-refractivity contribution in [3.05, 3.63) is 89.2 Å². The molecule has 0 aliphatic carbocycles. The molecular weight excluding hydrogens is 477 g/mol. The van der Waals surface area contributed by atoms with Crippen molar-refractivity contribution in [2.75, 3.05) is 19.0 Å². The fourth-order valence-electron chi connectivity index (χ4n) is 3.93. The van der Waals surface area contributed by atoms with Gasteiger partial charge in [0.15, 0.2) is 5.17 Å². The monoisotopic (exact) mass is 505 g/mol. The molecule has 1 aliphatic heterocycles. The molecule has 0 aromatic heterocycles. The Morgan fingerprint density at radius 1 is 1.11 bits per heavy atom. The lowest BCUT2D eigenvalue weighted by Gasteiger charge is -2.17. The van der Waals surface area contributed by atoms with E-state index in [1.54, 1.807) is 24.1 Å². The highest BCUT2D eigenvalue weighted by molar-refractivity contribution is 8.15. The van der Waals surface area contributed by atoms with Crippen LogP contribution < -0.4 is 10.1 Å². The molecule has 0 bridgehead atoms. The van der Waals surface area contributed by atoms with E-state index in [9.17, 15) is 14.0 Å². The second-order valence-electron chi connectivity index (χ2n) is 8.61. The molecule has 2 amide bonds. The Labute approximate surface area is 214 Å². The summed E-state index contributed by atoms with van der Waals surface area (Å²) in [6.45, 7) is 4.42. The SMILES string of the molecule is COc1ccc(CCN2C(=O)C(CC(=O)Nc3ccccc3F)SC2=Nc2ccc(C)cc2C)cc1. The first kappa shape index (κ1) is 25.4. The van der Waals surface area contributed by atoms with Gasteiger partial charge in [-0.3, -0.25) is 14.5 Å². The number of aryl methyl sites for hydroxylation is 2. The molecule has 1 atom stereocenters. The average Bonchev–Trinajstić information content (AvgIpc) is 3.14. The molecule has 1 aliphatic rings. The van der Waals surface area contributed by atoms with Crippen LogP contribution in [0.3, 0.4) is 0 Å². The van der Waals surface area contributed by atoms with Crippen molar-refractivity contribution in [3.8, 4) is 5.75 Å². The molecule has 186 valence electrons. The maximum absolute atomic E-state index is 14.0. The molecule has 6 nitrogen and oxygen atoms in total. The highest BCUT2D eigenvalue weighted by Gasteiger charge is 2.39. The van der Waals surface area contributed by atoms with Gasteiger partial charge in [-0.15, -0.1) is 0 Å². The lowest BCUT2D eigenvalue weighted by molar-refractivity contribution is -0.128. The highest BCUT2D eigenvalue weighted by Crippen LogP contribution is 2.33. The van der Waals surface area contributed by atoms with Crippen molar-refractivity contribution in [1.82, 2.24) is 4.90 Å². The van der Waals surface area contributed by atoms with Gasteiger partial charge in [0, 0.05) is 13.0 Å². The van der Waals surface area contributed by atoms with Crippen LogP contribution in [-0.2, 0) is 16.0 Å². The zero-order valence-electron chi connectivity index (χ0n) is 20.5. The van der Waals surface area contributed by atoms with E-state index in [2.05, 4.69) is 5.32 Å². The van der Waals surface area contributed by atoms with E-state index in [4.69, 9.17) is 9.73 Å². The molecule has 1 saturated heterocycles. The zero-order chi connectivity index (χ0) is 25.7. The van der Waals surface area contributed by atoms with Crippen LogP contribution in [0.5, 0.6) is 5.75 Å². The Bertz CT molecular complexity index is 1290. The molecule has 1 fully saturated rings. The van der Waals surface area contributed by atoms with E-state index in [0.29, 0.717) is 18.1 Å². The lowest BCUT2D eigenvalue weighted by Crippen LogP contribution is -2.35. The standard InChI is InChI=1S/C28H28FN3O3S/c1-18-8-13-23(19(2)16-18)31-28-32(15-14-20-9-11-21(35-3)12-10-20)27(34)25(36-28)17-26(33)30-24-7-5-4-6-22(24)29/h4-13,16,25H,14-15,17H2,1-3H3,(H,30,33). The predicted octanol–water partition coefficient (Wildman–Crippen LogP) is 5.65. The van der Waals surface area contributed by atoms with Gasteiger partial charge < -0.3 is 10.1 Å². The van der Waals surface area contributed by atoms with Gasteiger partial charge in [-0.2, -0.15) is 0 Å². The van der Waals surface area contributed by atoms with Crippen LogP contribution in [0.4, 0.5) is 15.8 Å². The zero-order valence-corrected chi connectivity index (χ0v) is 21.3. The molecule has 8 heteroatoms. The minimum atomic E-state index is -0.642. The average molecular weight is 506 g/mol.